The normalized spacial score (nSPS) is 11.2. The van der Waals surface area contributed by atoms with Crippen molar-refractivity contribution in [1.82, 2.24) is 4.98 Å². The van der Waals surface area contributed by atoms with E-state index in [0.29, 0.717) is 16.3 Å². The quantitative estimate of drug-likeness (QED) is 0.729. The highest BCUT2D eigenvalue weighted by molar-refractivity contribution is 7.09. The van der Waals surface area contributed by atoms with Gasteiger partial charge in [-0.25, -0.2) is 4.98 Å². The van der Waals surface area contributed by atoms with Gasteiger partial charge in [-0.2, -0.15) is 0 Å². The molecule has 5 heteroatoms. The van der Waals surface area contributed by atoms with Crippen molar-refractivity contribution in [3.63, 3.8) is 0 Å². The van der Waals surface area contributed by atoms with Crippen LogP contribution in [-0.2, 0) is 12.8 Å². The zero-order valence-electron chi connectivity index (χ0n) is 10.2. The molecular weight excluding hydrogens is 280 g/mol. The van der Waals surface area contributed by atoms with Gasteiger partial charge in [-0.1, -0.05) is 17.7 Å². The van der Waals surface area contributed by atoms with Crippen molar-refractivity contribution in [2.75, 3.05) is 5.73 Å². The number of fused-ring (bicyclic) bond motifs is 1. The van der Waals surface area contributed by atoms with Gasteiger partial charge in [0.05, 0.1) is 10.7 Å². The van der Waals surface area contributed by atoms with Crippen LogP contribution < -0.4 is 5.73 Å². The second-order valence-corrected chi connectivity index (χ2v) is 5.82. The molecule has 2 heterocycles. The van der Waals surface area contributed by atoms with E-state index >= 15 is 0 Å². The van der Waals surface area contributed by atoms with Gasteiger partial charge in [0.1, 0.15) is 5.52 Å². The van der Waals surface area contributed by atoms with Gasteiger partial charge in [0, 0.05) is 17.4 Å². The van der Waals surface area contributed by atoms with E-state index in [9.17, 15) is 0 Å². The molecule has 0 aliphatic carbocycles. The van der Waals surface area contributed by atoms with Gasteiger partial charge in [-0.15, -0.1) is 11.3 Å². The Morgan fingerprint density at radius 1 is 1.32 bits per heavy atom. The molecule has 19 heavy (non-hydrogen) atoms. The molecule has 1 aromatic carbocycles. The number of nitrogen functional groups attached to an aromatic ring is 1. The summed E-state index contributed by atoms with van der Waals surface area (Å²) in [6.07, 6.45) is 2.90. The maximum absolute atomic E-state index is 5.96. The summed E-state index contributed by atoms with van der Waals surface area (Å²) < 4.78 is 5.68. The summed E-state index contributed by atoms with van der Waals surface area (Å²) in [5.41, 5.74) is 7.74. The Labute approximate surface area is 120 Å². The number of hydrogen-bond donors (Lipinski definition) is 1. The maximum atomic E-state index is 5.96. The fourth-order valence-electron chi connectivity index (χ4n) is 1.99. The first-order chi connectivity index (χ1) is 9.22. The summed E-state index contributed by atoms with van der Waals surface area (Å²) in [4.78, 5) is 5.82. The maximum Gasteiger partial charge on any atom is 0.195 e. The van der Waals surface area contributed by atoms with Crippen molar-refractivity contribution in [2.45, 2.75) is 19.3 Å². The Morgan fingerprint density at radius 2 is 2.21 bits per heavy atom. The molecule has 0 spiro atoms. The molecule has 0 fully saturated rings. The third-order valence-corrected chi connectivity index (χ3v) is 4.21. The predicted molar refractivity (Wildman–Crippen MR) is 79.8 cm³/mol. The standard InChI is InChI=1S/C14H13ClN2OS/c15-10-7-12-13(8-11(10)16)18-14(17-12)5-1-3-9-4-2-6-19-9/h2,4,6-8H,1,3,5,16H2. The number of aromatic nitrogens is 1. The molecule has 0 radical (unpaired) electrons. The Balaban J connectivity index is 1.71. The van der Waals surface area contributed by atoms with Crippen LogP contribution in [0.4, 0.5) is 5.69 Å². The second-order valence-electron chi connectivity index (χ2n) is 4.38. The van der Waals surface area contributed by atoms with Crippen molar-refractivity contribution in [3.05, 3.63) is 45.4 Å². The summed E-state index contributed by atoms with van der Waals surface area (Å²) in [7, 11) is 0. The zero-order valence-corrected chi connectivity index (χ0v) is 11.8. The van der Waals surface area contributed by atoms with E-state index in [2.05, 4.69) is 22.5 Å². The largest absolute Gasteiger partial charge is 0.441 e. The van der Waals surface area contributed by atoms with Crippen molar-refractivity contribution in [1.29, 1.82) is 0 Å². The van der Waals surface area contributed by atoms with Crippen molar-refractivity contribution in [2.24, 2.45) is 0 Å². The van der Waals surface area contributed by atoms with Gasteiger partial charge in [0.2, 0.25) is 0 Å². The highest BCUT2D eigenvalue weighted by Gasteiger charge is 2.08. The molecule has 0 aliphatic heterocycles. The first kappa shape index (κ1) is 12.5. The summed E-state index contributed by atoms with van der Waals surface area (Å²) in [6, 6.07) is 7.70. The zero-order chi connectivity index (χ0) is 13.2. The summed E-state index contributed by atoms with van der Waals surface area (Å²) in [6.45, 7) is 0. The number of nitrogens with zero attached hydrogens (tertiary/aromatic N) is 1. The number of oxazole rings is 1. The third kappa shape index (κ3) is 2.74. The molecule has 3 aromatic rings. The molecular formula is C14H13ClN2OS. The van der Waals surface area contributed by atoms with Crippen LogP contribution in [0.15, 0.2) is 34.1 Å². The van der Waals surface area contributed by atoms with Gasteiger partial charge in [-0.3, -0.25) is 0 Å². The SMILES string of the molecule is Nc1cc2oc(CCCc3cccs3)nc2cc1Cl. The van der Waals surface area contributed by atoms with Gasteiger partial charge >= 0.3 is 0 Å². The average Bonchev–Trinajstić information content (AvgIpc) is 2.99. The fraction of sp³-hybridized carbons (Fsp3) is 0.214. The van der Waals surface area contributed by atoms with Gasteiger partial charge < -0.3 is 10.2 Å². The lowest BCUT2D eigenvalue weighted by molar-refractivity contribution is 0.520. The molecule has 0 amide bonds. The van der Waals surface area contributed by atoms with Crippen LogP contribution in [0.5, 0.6) is 0 Å². The molecule has 2 N–H and O–H groups in total. The molecule has 0 saturated heterocycles. The van der Waals surface area contributed by atoms with E-state index in [1.54, 1.807) is 23.5 Å². The van der Waals surface area contributed by atoms with E-state index in [1.807, 2.05) is 0 Å². The Morgan fingerprint density at radius 3 is 3.00 bits per heavy atom. The molecule has 3 nitrogen and oxygen atoms in total. The lowest BCUT2D eigenvalue weighted by Gasteiger charge is -1.95. The topological polar surface area (TPSA) is 52.0 Å². The molecule has 98 valence electrons. The van der Waals surface area contributed by atoms with E-state index < -0.39 is 0 Å². The Kier molecular flexibility index (Phi) is 3.44. The first-order valence-electron chi connectivity index (χ1n) is 6.09. The number of anilines is 1. The van der Waals surface area contributed by atoms with Crippen LogP contribution in [0.2, 0.25) is 5.02 Å². The lowest BCUT2D eigenvalue weighted by Crippen LogP contribution is -1.87. The van der Waals surface area contributed by atoms with Crippen LogP contribution in [0.25, 0.3) is 11.1 Å². The highest BCUT2D eigenvalue weighted by atomic mass is 35.5. The van der Waals surface area contributed by atoms with Gasteiger partial charge in [-0.05, 0) is 30.4 Å². The summed E-state index contributed by atoms with van der Waals surface area (Å²) in [5.74, 6) is 0.744. The number of benzene rings is 1. The van der Waals surface area contributed by atoms with E-state index in [-0.39, 0.29) is 0 Å². The number of rotatable bonds is 4. The van der Waals surface area contributed by atoms with Crippen LogP contribution in [0.3, 0.4) is 0 Å². The lowest BCUT2D eigenvalue weighted by atomic mass is 10.2. The predicted octanol–water partition coefficient (Wildman–Crippen LogP) is 4.30. The fourth-order valence-corrected chi connectivity index (χ4v) is 2.90. The number of thiophene rings is 1. The van der Waals surface area contributed by atoms with Crippen LogP contribution in [-0.4, -0.2) is 4.98 Å². The van der Waals surface area contributed by atoms with E-state index in [0.717, 1.165) is 30.7 Å². The minimum absolute atomic E-state index is 0.519. The van der Waals surface area contributed by atoms with Gasteiger partial charge in [0.15, 0.2) is 11.5 Å². The minimum Gasteiger partial charge on any atom is -0.441 e. The third-order valence-electron chi connectivity index (χ3n) is 2.95. The molecule has 0 bridgehead atoms. The second kappa shape index (κ2) is 5.23. The van der Waals surface area contributed by atoms with Gasteiger partial charge in [0.25, 0.3) is 0 Å². The van der Waals surface area contributed by atoms with Crippen molar-refractivity contribution in [3.8, 4) is 0 Å². The summed E-state index contributed by atoms with van der Waals surface area (Å²) >= 11 is 7.75. The number of aryl methyl sites for hydroxylation is 2. The average molecular weight is 293 g/mol. The molecule has 3 rings (SSSR count). The number of nitrogens with two attached hydrogens (primary N) is 1. The molecule has 0 atom stereocenters. The summed E-state index contributed by atoms with van der Waals surface area (Å²) in [5, 5.41) is 2.62. The molecule has 0 aliphatic rings. The van der Waals surface area contributed by atoms with Crippen molar-refractivity contribution < 1.29 is 4.42 Å². The van der Waals surface area contributed by atoms with Crippen LogP contribution in [0, 0.1) is 0 Å². The Hall–Kier alpha value is -1.52. The van der Waals surface area contributed by atoms with Crippen LogP contribution in [0.1, 0.15) is 17.2 Å². The number of hydrogen-bond acceptors (Lipinski definition) is 4. The van der Waals surface area contributed by atoms with E-state index in [1.165, 1.54) is 4.88 Å². The minimum atomic E-state index is 0.519. The van der Waals surface area contributed by atoms with Crippen molar-refractivity contribution >= 4 is 39.7 Å². The number of halogens is 1. The van der Waals surface area contributed by atoms with Crippen LogP contribution >= 0.6 is 22.9 Å². The molecule has 0 saturated carbocycles. The first-order valence-corrected chi connectivity index (χ1v) is 7.35. The van der Waals surface area contributed by atoms with E-state index in [4.69, 9.17) is 21.8 Å². The Bertz CT molecular complexity index is 652. The monoisotopic (exact) mass is 292 g/mol. The highest BCUT2D eigenvalue weighted by Crippen LogP contribution is 2.26. The molecule has 0 unspecified atom stereocenters. The molecule has 2 aromatic heterocycles. The smallest absolute Gasteiger partial charge is 0.195 e.